The summed E-state index contributed by atoms with van der Waals surface area (Å²) in [5, 5.41) is 0. The second kappa shape index (κ2) is 4.94. The van der Waals surface area contributed by atoms with Gasteiger partial charge in [-0.25, -0.2) is 0 Å². The molecule has 0 aromatic heterocycles. The number of rotatable bonds is 2. The van der Waals surface area contributed by atoms with Crippen LogP contribution in [0.5, 0.6) is 0 Å². The van der Waals surface area contributed by atoms with Gasteiger partial charge < -0.3 is 0 Å². The molecule has 0 unspecified atom stereocenters. The van der Waals surface area contributed by atoms with E-state index in [1.165, 1.54) is 36.8 Å². The molecule has 20 heavy (non-hydrogen) atoms. The zero-order valence-corrected chi connectivity index (χ0v) is 11.8. The maximum absolute atomic E-state index is 2.30. The molecule has 0 amide bonds. The summed E-state index contributed by atoms with van der Waals surface area (Å²) in [6, 6.07) is 22.1. The molecule has 0 radical (unpaired) electrons. The van der Waals surface area contributed by atoms with Gasteiger partial charge in [0, 0.05) is 0 Å². The fraction of sp³-hybridized carbons (Fsp3) is 0.300. The Kier molecular flexibility index (Phi) is 2.95. The summed E-state index contributed by atoms with van der Waals surface area (Å²) in [6.07, 6.45) is 5.28. The molecule has 2 aromatic carbocycles. The van der Waals surface area contributed by atoms with Crippen molar-refractivity contribution in [1.29, 1.82) is 0 Å². The van der Waals surface area contributed by atoms with E-state index in [1.807, 2.05) is 0 Å². The largest absolute Gasteiger partial charge is 0.0622 e. The quantitative estimate of drug-likeness (QED) is 0.675. The molecule has 0 spiro atoms. The summed E-state index contributed by atoms with van der Waals surface area (Å²) in [5.41, 5.74) is 6.39. The average molecular weight is 260 g/mol. The van der Waals surface area contributed by atoms with Crippen molar-refractivity contribution < 1.29 is 0 Å². The molecule has 2 aromatic rings. The predicted molar refractivity (Wildman–Crippen MR) is 84.5 cm³/mol. The van der Waals surface area contributed by atoms with E-state index in [1.54, 1.807) is 11.1 Å². The van der Waals surface area contributed by atoms with Gasteiger partial charge in [-0.05, 0) is 54.2 Å². The van der Waals surface area contributed by atoms with Crippen LogP contribution in [0.2, 0.25) is 0 Å². The number of allylic oxidation sites excluding steroid dienone is 2. The van der Waals surface area contributed by atoms with Crippen molar-refractivity contribution in [2.45, 2.75) is 31.6 Å². The highest BCUT2D eigenvalue weighted by molar-refractivity contribution is 5.72. The van der Waals surface area contributed by atoms with E-state index in [-0.39, 0.29) is 0 Å². The maximum atomic E-state index is 2.30. The zero-order chi connectivity index (χ0) is 13.4. The summed E-state index contributed by atoms with van der Waals surface area (Å²) in [7, 11) is 0. The third-order valence-corrected chi connectivity index (χ3v) is 5.05. The molecule has 1 saturated carbocycles. The second-order valence-corrected chi connectivity index (χ2v) is 6.09. The van der Waals surface area contributed by atoms with Gasteiger partial charge in [0.05, 0.1) is 0 Å². The Morgan fingerprint density at radius 1 is 0.750 bits per heavy atom. The van der Waals surface area contributed by atoms with Crippen LogP contribution in [0.4, 0.5) is 0 Å². The van der Waals surface area contributed by atoms with Crippen molar-refractivity contribution in [1.82, 2.24) is 0 Å². The monoisotopic (exact) mass is 260 g/mol. The number of benzene rings is 2. The van der Waals surface area contributed by atoms with E-state index in [4.69, 9.17) is 0 Å². The van der Waals surface area contributed by atoms with E-state index in [9.17, 15) is 0 Å². The highest BCUT2D eigenvalue weighted by Crippen LogP contribution is 2.55. The molecule has 2 aliphatic carbocycles. The van der Waals surface area contributed by atoms with Crippen LogP contribution in [0.15, 0.2) is 66.2 Å². The minimum Gasteiger partial charge on any atom is -0.0622 e. The fourth-order valence-electron chi connectivity index (χ4n) is 4.01. The molecule has 0 N–H and O–H groups in total. The molecule has 1 fully saturated rings. The van der Waals surface area contributed by atoms with Crippen molar-refractivity contribution in [3.63, 3.8) is 0 Å². The second-order valence-electron chi connectivity index (χ2n) is 6.09. The Balaban J connectivity index is 1.66. The lowest BCUT2D eigenvalue weighted by atomic mass is 9.59. The van der Waals surface area contributed by atoms with E-state index in [0.29, 0.717) is 0 Å². The van der Waals surface area contributed by atoms with Crippen LogP contribution in [0.3, 0.4) is 0 Å². The topological polar surface area (TPSA) is 0 Å². The first-order valence-electron chi connectivity index (χ1n) is 7.76. The van der Waals surface area contributed by atoms with Crippen LogP contribution < -0.4 is 0 Å². The van der Waals surface area contributed by atoms with Gasteiger partial charge in [-0.15, -0.1) is 0 Å². The van der Waals surface area contributed by atoms with Gasteiger partial charge in [0.25, 0.3) is 0 Å². The smallest absolute Gasteiger partial charge is 0.00586 e. The van der Waals surface area contributed by atoms with Crippen molar-refractivity contribution in [3.8, 4) is 0 Å². The molecule has 4 rings (SSSR count). The van der Waals surface area contributed by atoms with Crippen LogP contribution in [0, 0.1) is 5.92 Å². The van der Waals surface area contributed by atoms with Gasteiger partial charge in [-0.1, -0.05) is 66.2 Å². The highest BCUT2D eigenvalue weighted by Gasteiger charge is 2.40. The van der Waals surface area contributed by atoms with Crippen LogP contribution in [0.25, 0.3) is 5.57 Å². The minimum absolute atomic E-state index is 0.769. The number of hydrogen-bond donors (Lipinski definition) is 0. The minimum atomic E-state index is 0.769. The predicted octanol–water partition coefficient (Wildman–Crippen LogP) is 5.43. The van der Waals surface area contributed by atoms with Crippen molar-refractivity contribution in [2.24, 2.45) is 5.92 Å². The molecule has 0 aliphatic heterocycles. The molecule has 100 valence electrons. The van der Waals surface area contributed by atoms with E-state index in [2.05, 4.69) is 60.7 Å². The van der Waals surface area contributed by atoms with Crippen molar-refractivity contribution in [3.05, 3.63) is 77.4 Å². The Morgan fingerprint density at radius 2 is 1.45 bits per heavy atom. The summed E-state index contributed by atoms with van der Waals surface area (Å²) in [6.45, 7) is 0. The summed E-state index contributed by atoms with van der Waals surface area (Å²) < 4.78 is 0. The maximum Gasteiger partial charge on any atom is -0.00586 e. The lowest BCUT2D eigenvalue weighted by molar-refractivity contribution is 0.328. The lowest BCUT2D eigenvalue weighted by Gasteiger charge is -2.45. The SMILES string of the molecule is c1ccc(C2=C3C[C@@H](c4ccccc4)[C@@H]3CCC2)cc1. The molecule has 0 bridgehead atoms. The Morgan fingerprint density at radius 3 is 2.20 bits per heavy atom. The van der Waals surface area contributed by atoms with Gasteiger partial charge in [0.15, 0.2) is 0 Å². The number of hydrogen-bond acceptors (Lipinski definition) is 0. The average Bonchev–Trinajstić information content (AvgIpc) is 2.50. The van der Waals surface area contributed by atoms with E-state index in [0.717, 1.165) is 11.8 Å². The zero-order valence-electron chi connectivity index (χ0n) is 11.8. The van der Waals surface area contributed by atoms with Crippen LogP contribution >= 0.6 is 0 Å². The van der Waals surface area contributed by atoms with Gasteiger partial charge in [0.1, 0.15) is 0 Å². The lowest BCUT2D eigenvalue weighted by Crippen LogP contribution is -2.30. The molecule has 0 heteroatoms. The Labute approximate surface area is 121 Å². The molecular weight excluding hydrogens is 240 g/mol. The Bertz CT molecular complexity index is 622. The fourth-order valence-corrected chi connectivity index (χ4v) is 4.01. The van der Waals surface area contributed by atoms with Crippen LogP contribution in [-0.2, 0) is 0 Å². The van der Waals surface area contributed by atoms with E-state index >= 15 is 0 Å². The molecule has 2 aliphatic rings. The van der Waals surface area contributed by atoms with Crippen molar-refractivity contribution in [2.75, 3.05) is 0 Å². The van der Waals surface area contributed by atoms with Gasteiger partial charge in [-0.2, -0.15) is 0 Å². The van der Waals surface area contributed by atoms with Gasteiger partial charge >= 0.3 is 0 Å². The summed E-state index contributed by atoms with van der Waals surface area (Å²) in [4.78, 5) is 0. The first-order chi connectivity index (χ1) is 9.93. The Hall–Kier alpha value is -1.82. The first kappa shape index (κ1) is 12.0. The molecular formula is C20H20. The molecule has 2 atom stereocenters. The summed E-state index contributed by atoms with van der Waals surface area (Å²) in [5.74, 6) is 1.58. The third kappa shape index (κ3) is 1.91. The molecule has 0 heterocycles. The van der Waals surface area contributed by atoms with Crippen molar-refractivity contribution >= 4 is 5.57 Å². The van der Waals surface area contributed by atoms with E-state index < -0.39 is 0 Å². The molecule has 0 saturated heterocycles. The highest BCUT2D eigenvalue weighted by atomic mass is 14.4. The third-order valence-electron chi connectivity index (χ3n) is 5.05. The summed E-state index contributed by atoms with van der Waals surface area (Å²) >= 11 is 0. The molecule has 0 nitrogen and oxygen atoms in total. The van der Waals surface area contributed by atoms with Crippen LogP contribution in [0.1, 0.15) is 42.7 Å². The van der Waals surface area contributed by atoms with Crippen LogP contribution in [-0.4, -0.2) is 0 Å². The van der Waals surface area contributed by atoms with Gasteiger partial charge in [0.2, 0.25) is 0 Å². The first-order valence-corrected chi connectivity index (χ1v) is 7.76. The standard InChI is InChI=1S/C20H20/c1-3-8-15(9-4-1)17-12-7-13-18-19(14-20(17)18)16-10-5-2-6-11-16/h1-6,8-11,18-19H,7,12-14H2/t18-,19-/m0/s1. The number of fused-ring (bicyclic) bond motifs is 1. The normalized spacial score (nSPS) is 25.0. The van der Waals surface area contributed by atoms with Gasteiger partial charge in [-0.3, -0.25) is 0 Å².